The van der Waals surface area contributed by atoms with Crippen molar-refractivity contribution in [1.29, 1.82) is 0 Å². The molecule has 0 amide bonds. The number of aldehydes is 1. The molecule has 0 aromatic heterocycles. The van der Waals surface area contributed by atoms with Crippen molar-refractivity contribution in [3.05, 3.63) is 12.2 Å². The van der Waals surface area contributed by atoms with Crippen LogP contribution in [0.1, 0.15) is 26.2 Å². The molecule has 1 aliphatic rings. The monoisotopic (exact) mass is 180 g/mol. The van der Waals surface area contributed by atoms with Crippen molar-refractivity contribution in [3.8, 4) is 0 Å². The van der Waals surface area contributed by atoms with Gasteiger partial charge < -0.3 is 4.79 Å². The lowest BCUT2D eigenvalue weighted by atomic mass is 9.70. The number of hydrogen-bond acceptors (Lipinski definition) is 3. The maximum Gasteiger partial charge on any atom is 0.172 e. The maximum absolute atomic E-state index is 11.6. The van der Waals surface area contributed by atoms with Gasteiger partial charge in [-0.1, -0.05) is 13.5 Å². The number of hydrogen-bond donors (Lipinski definition) is 0. The summed E-state index contributed by atoms with van der Waals surface area (Å²) < 4.78 is 0. The van der Waals surface area contributed by atoms with Crippen LogP contribution in [0.25, 0.3) is 0 Å². The van der Waals surface area contributed by atoms with Crippen LogP contribution in [0.5, 0.6) is 0 Å². The highest BCUT2D eigenvalue weighted by Gasteiger charge is 2.43. The van der Waals surface area contributed by atoms with Gasteiger partial charge in [0, 0.05) is 12.8 Å². The van der Waals surface area contributed by atoms with E-state index in [9.17, 15) is 14.4 Å². The van der Waals surface area contributed by atoms with Crippen LogP contribution in [0.3, 0.4) is 0 Å². The first-order chi connectivity index (χ1) is 6.05. The average molecular weight is 180 g/mol. The first-order valence-corrected chi connectivity index (χ1v) is 4.26. The van der Waals surface area contributed by atoms with Gasteiger partial charge in [0.25, 0.3) is 0 Å². The molecule has 1 saturated carbocycles. The highest BCUT2D eigenvalue weighted by atomic mass is 16.2. The normalized spacial score (nSPS) is 29.2. The van der Waals surface area contributed by atoms with Crippen molar-refractivity contribution < 1.29 is 14.4 Å². The summed E-state index contributed by atoms with van der Waals surface area (Å²) in [5.74, 6) is -0.330. The largest absolute Gasteiger partial charge is 0.302 e. The summed E-state index contributed by atoms with van der Waals surface area (Å²) in [5.41, 5.74) is -0.836. The fourth-order valence-electron chi connectivity index (χ4n) is 1.63. The van der Waals surface area contributed by atoms with Gasteiger partial charge in [-0.05, 0) is 12.0 Å². The van der Waals surface area contributed by atoms with E-state index in [0.717, 1.165) is 0 Å². The van der Waals surface area contributed by atoms with Crippen molar-refractivity contribution in [1.82, 2.24) is 0 Å². The molecule has 1 unspecified atom stereocenters. The van der Waals surface area contributed by atoms with Gasteiger partial charge in [0.1, 0.15) is 12.1 Å². The Morgan fingerprint density at radius 2 is 2.15 bits per heavy atom. The van der Waals surface area contributed by atoms with Crippen LogP contribution in [0, 0.1) is 5.41 Å². The van der Waals surface area contributed by atoms with Crippen molar-refractivity contribution >= 4 is 17.9 Å². The van der Waals surface area contributed by atoms with E-state index in [2.05, 4.69) is 6.58 Å². The highest BCUT2D eigenvalue weighted by Crippen LogP contribution is 2.34. The van der Waals surface area contributed by atoms with Crippen molar-refractivity contribution in [2.45, 2.75) is 26.2 Å². The summed E-state index contributed by atoms with van der Waals surface area (Å²) in [7, 11) is 0. The number of carbonyl (C=O) groups excluding carboxylic acids is 3. The Balaban J connectivity index is 3.07. The third kappa shape index (κ3) is 1.46. The fourth-order valence-corrected chi connectivity index (χ4v) is 1.63. The van der Waals surface area contributed by atoms with Crippen molar-refractivity contribution in [2.24, 2.45) is 5.41 Å². The van der Waals surface area contributed by atoms with Gasteiger partial charge in [-0.15, -0.1) is 0 Å². The van der Waals surface area contributed by atoms with E-state index in [4.69, 9.17) is 0 Å². The van der Waals surface area contributed by atoms with Gasteiger partial charge in [0.2, 0.25) is 0 Å². The number of rotatable bonds is 2. The number of carbonyl (C=O) groups is 3. The van der Waals surface area contributed by atoms with Gasteiger partial charge >= 0.3 is 0 Å². The first kappa shape index (κ1) is 9.84. The molecule has 3 heteroatoms. The summed E-state index contributed by atoms with van der Waals surface area (Å²) in [6.45, 7) is 5.24. The molecule has 0 aliphatic heterocycles. The van der Waals surface area contributed by atoms with Crippen LogP contribution >= 0.6 is 0 Å². The van der Waals surface area contributed by atoms with Gasteiger partial charge in [-0.2, -0.15) is 0 Å². The predicted octanol–water partition coefficient (Wildman–Crippen LogP) is 1.07. The van der Waals surface area contributed by atoms with E-state index in [-0.39, 0.29) is 30.0 Å². The van der Waals surface area contributed by atoms with E-state index in [1.54, 1.807) is 6.92 Å². The van der Waals surface area contributed by atoms with E-state index in [1.807, 2.05) is 0 Å². The van der Waals surface area contributed by atoms with E-state index in [0.29, 0.717) is 12.7 Å². The molecule has 1 rings (SSSR count). The van der Waals surface area contributed by atoms with Gasteiger partial charge in [0.05, 0.1) is 5.41 Å². The van der Waals surface area contributed by atoms with E-state index in [1.165, 1.54) is 0 Å². The van der Waals surface area contributed by atoms with Gasteiger partial charge in [0.15, 0.2) is 5.78 Å². The van der Waals surface area contributed by atoms with Crippen LogP contribution in [-0.2, 0) is 14.4 Å². The maximum atomic E-state index is 11.6. The predicted molar refractivity (Wildman–Crippen MR) is 47.2 cm³/mol. The van der Waals surface area contributed by atoms with Crippen molar-refractivity contribution in [2.75, 3.05) is 0 Å². The van der Waals surface area contributed by atoms with E-state index >= 15 is 0 Å². The molecule has 0 N–H and O–H groups in total. The summed E-state index contributed by atoms with van der Waals surface area (Å²) in [5, 5.41) is 0. The Hall–Kier alpha value is -1.25. The third-order valence-corrected chi connectivity index (χ3v) is 2.55. The Bertz CT molecular complexity index is 291. The second-order valence-electron chi connectivity index (χ2n) is 3.45. The molecular formula is C10H12O3. The molecule has 0 aromatic carbocycles. The molecule has 0 aromatic rings. The minimum absolute atomic E-state index is 0.0465. The molecule has 13 heavy (non-hydrogen) atoms. The zero-order valence-electron chi connectivity index (χ0n) is 7.63. The fraction of sp³-hybridized carbons (Fsp3) is 0.500. The van der Waals surface area contributed by atoms with Crippen LogP contribution in [0.2, 0.25) is 0 Å². The Morgan fingerprint density at radius 3 is 2.62 bits per heavy atom. The first-order valence-electron chi connectivity index (χ1n) is 4.26. The third-order valence-electron chi connectivity index (χ3n) is 2.55. The Morgan fingerprint density at radius 1 is 1.54 bits per heavy atom. The molecule has 0 spiro atoms. The molecule has 1 aliphatic carbocycles. The molecule has 1 fully saturated rings. The standard InChI is InChI=1S/C10H12O3/c1-3-10(6-11)5-8(12)4-7(2)9(10)13/h6H,2-5H2,1H3. The quantitative estimate of drug-likeness (QED) is 0.363. The number of allylic oxidation sites excluding steroid dienone is 1. The highest BCUT2D eigenvalue weighted by molar-refractivity contribution is 6.15. The molecule has 1 atom stereocenters. The summed E-state index contributed by atoms with van der Waals surface area (Å²) in [6.07, 6.45) is 1.12. The summed E-state index contributed by atoms with van der Waals surface area (Å²) >= 11 is 0. The van der Waals surface area contributed by atoms with E-state index < -0.39 is 5.41 Å². The molecule has 0 radical (unpaired) electrons. The van der Waals surface area contributed by atoms with Gasteiger partial charge in [-0.25, -0.2) is 0 Å². The van der Waals surface area contributed by atoms with Crippen LogP contribution in [-0.4, -0.2) is 17.9 Å². The van der Waals surface area contributed by atoms with Crippen molar-refractivity contribution in [3.63, 3.8) is 0 Å². The molecule has 0 bridgehead atoms. The lowest BCUT2D eigenvalue weighted by Crippen LogP contribution is -2.40. The average Bonchev–Trinajstić information content (AvgIpc) is 2.11. The summed E-state index contributed by atoms with van der Waals surface area (Å²) in [6, 6.07) is 0. The smallest absolute Gasteiger partial charge is 0.172 e. The van der Waals surface area contributed by atoms with Crippen LogP contribution in [0.4, 0.5) is 0 Å². The zero-order chi connectivity index (χ0) is 10.1. The SMILES string of the molecule is C=C1CC(=O)CC(C=O)(CC)C1=O. The molecule has 3 nitrogen and oxygen atoms in total. The number of Topliss-reactive ketones (excluding diaryl/α,β-unsaturated/α-hetero) is 2. The molecule has 0 heterocycles. The number of ketones is 2. The topological polar surface area (TPSA) is 51.2 Å². The lowest BCUT2D eigenvalue weighted by Gasteiger charge is -2.29. The second kappa shape index (κ2) is 3.24. The Labute approximate surface area is 76.8 Å². The minimum atomic E-state index is -1.10. The molecular weight excluding hydrogens is 168 g/mol. The molecule has 0 saturated heterocycles. The lowest BCUT2D eigenvalue weighted by molar-refractivity contribution is -0.140. The minimum Gasteiger partial charge on any atom is -0.302 e. The van der Waals surface area contributed by atoms with Crippen LogP contribution in [0.15, 0.2) is 12.2 Å². The second-order valence-corrected chi connectivity index (χ2v) is 3.45. The molecule has 70 valence electrons. The Kier molecular flexibility index (Phi) is 2.45. The summed E-state index contributed by atoms with van der Waals surface area (Å²) in [4.78, 5) is 33.6. The van der Waals surface area contributed by atoms with Crippen LogP contribution < -0.4 is 0 Å². The zero-order valence-corrected chi connectivity index (χ0v) is 7.63. The van der Waals surface area contributed by atoms with Gasteiger partial charge in [-0.3, -0.25) is 9.59 Å².